The molecule has 1 aromatic carbocycles. The molecule has 0 aliphatic carbocycles. The zero-order valence-electron chi connectivity index (χ0n) is 10.9. The van der Waals surface area contributed by atoms with Crippen LogP contribution in [0.25, 0.3) is 6.08 Å². The summed E-state index contributed by atoms with van der Waals surface area (Å²) in [4.78, 5) is 11.2. The summed E-state index contributed by atoms with van der Waals surface area (Å²) in [5.41, 5.74) is 0.734. The molecular weight excluding hydrogens is 295 g/mol. The van der Waals surface area contributed by atoms with E-state index in [1.54, 1.807) is 30.3 Å². The number of hydrogen-bond donors (Lipinski definition) is 0. The number of ether oxygens (including phenoxy) is 1. The molecule has 0 amide bonds. The van der Waals surface area contributed by atoms with Gasteiger partial charge in [0.05, 0.1) is 6.61 Å². The average Bonchev–Trinajstić information content (AvgIpc) is 2.41. The van der Waals surface area contributed by atoms with E-state index in [0.29, 0.717) is 0 Å². The number of carbonyl (C=O) groups excluding carboxylic acids is 1. The molecule has 0 unspecified atom stereocenters. The summed E-state index contributed by atoms with van der Waals surface area (Å²) in [5, 5.41) is 0. The second-order valence-corrected chi connectivity index (χ2v) is 4.22. The quantitative estimate of drug-likeness (QED) is 0.340. The van der Waals surface area contributed by atoms with Crippen molar-refractivity contribution >= 4 is 12.0 Å². The van der Waals surface area contributed by atoms with Crippen molar-refractivity contribution in [2.75, 3.05) is 6.61 Å². The van der Waals surface area contributed by atoms with Gasteiger partial charge in [0.15, 0.2) is 0 Å². The van der Waals surface area contributed by atoms with Crippen molar-refractivity contribution in [3.8, 4) is 0 Å². The minimum atomic E-state index is -5.58. The number of halogens is 5. The fourth-order valence-electron chi connectivity index (χ4n) is 1.39. The molecule has 0 atom stereocenters. The second-order valence-electron chi connectivity index (χ2n) is 4.22. The fraction of sp³-hybridized carbons (Fsp3) is 0.357. The van der Waals surface area contributed by atoms with E-state index >= 15 is 0 Å². The Morgan fingerprint density at radius 1 is 1.10 bits per heavy atom. The Kier molecular flexibility index (Phi) is 5.87. The molecule has 1 aromatic rings. The molecule has 0 bridgehead atoms. The lowest BCUT2D eigenvalue weighted by Crippen LogP contribution is -2.36. The zero-order chi connectivity index (χ0) is 15.9. The van der Waals surface area contributed by atoms with Crippen LogP contribution >= 0.6 is 0 Å². The summed E-state index contributed by atoms with van der Waals surface area (Å²) in [6, 6.07) is 8.76. The topological polar surface area (TPSA) is 26.3 Å². The molecule has 21 heavy (non-hydrogen) atoms. The van der Waals surface area contributed by atoms with Gasteiger partial charge >= 0.3 is 18.1 Å². The van der Waals surface area contributed by atoms with Crippen molar-refractivity contribution in [3.63, 3.8) is 0 Å². The Bertz CT molecular complexity index is 480. The summed E-state index contributed by atoms with van der Waals surface area (Å²) in [6.07, 6.45) is -5.03. The highest BCUT2D eigenvalue weighted by molar-refractivity contribution is 5.86. The Hall–Kier alpha value is -1.92. The maximum Gasteiger partial charge on any atom is 0.453 e. The van der Waals surface area contributed by atoms with Crippen molar-refractivity contribution in [1.29, 1.82) is 0 Å². The minimum absolute atomic E-state index is 0.496. The van der Waals surface area contributed by atoms with Crippen molar-refractivity contribution in [2.45, 2.75) is 24.9 Å². The second kappa shape index (κ2) is 7.19. The molecule has 0 fully saturated rings. The third-order valence-electron chi connectivity index (χ3n) is 2.51. The molecule has 7 heteroatoms. The monoisotopic (exact) mass is 308 g/mol. The van der Waals surface area contributed by atoms with Crippen LogP contribution < -0.4 is 0 Å². The number of benzene rings is 1. The first-order chi connectivity index (χ1) is 9.72. The van der Waals surface area contributed by atoms with Gasteiger partial charge in [0.2, 0.25) is 0 Å². The molecule has 0 aliphatic rings. The maximum absolute atomic E-state index is 12.5. The largest absolute Gasteiger partial charge is 0.463 e. The molecule has 0 saturated carbocycles. The van der Waals surface area contributed by atoms with Gasteiger partial charge in [-0.05, 0) is 18.1 Å². The molecule has 0 spiro atoms. The third-order valence-corrected chi connectivity index (χ3v) is 2.51. The van der Waals surface area contributed by atoms with Crippen LogP contribution in [0.3, 0.4) is 0 Å². The van der Waals surface area contributed by atoms with Crippen LogP contribution in [0.15, 0.2) is 36.4 Å². The normalized spacial score (nSPS) is 12.6. The fourth-order valence-corrected chi connectivity index (χ4v) is 1.39. The summed E-state index contributed by atoms with van der Waals surface area (Å²) >= 11 is 0. The average molecular weight is 308 g/mol. The molecule has 0 radical (unpaired) electrons. The van der Waals surface area contributed by atoms with Crippen LogP contribution in [0.1, 0.15) is 18.4 Å². The number of alkyl halides is 5. The molecule has 0 heterocycles. The van der Waals surface area contributed by atoms with E-state index < -0.39 is 37.5 Å². The molecule has 0 saturated heterocycles. The van der Waals surface area contributed by atoms with E-state index in [0.717, 1.165) is 11.6 Å². The van der Waals surface area contributed by atoms with Gasteiger partial charge in [-0.3, -0.25) is 0 Å². The minimum Gasteiger partial charge on any atom is -0.463 e. The van der Waals surface area contributed by atoms with E-state index in [2.05, 4.69) is 4.74 Å². The number of esters is 1. The Balaban J connectivity index is 2.30. The van der Waals surface area contributed by atoms with Gasteiger partial charge in [0, 0.05) is 12.5 Å². The van der Waals surface area contributed by atoms with Crippen molar-refractivity contribution in [1.82, 2.24) is 0 Å². The van der Waals surface area contributed by atoms with E-state index in [1.807, 2.05) is 0 Å². The first-order valence-electron chi connectivity index (χ1n) is 6.07. The van der Waals surface area contributed by atoms with Crippen LogP contribution in [-0.2, 0) is 9.53 Å². The summed E-state index contributed by atoms with van der Waals surface area (Å²) in [6.45, 7) is -0.496. The predicted molar refractivity (Wildman–Crippen MR) is 66.7 cm³/mol. The van der Waals surface area contributed by atoms with Crippen molar-refractivity contribution in [3.05, 3.63) is 42.0 Å². The summed E-state index contributed by atoms with van der Waals surface area (Å²) in [5.74, 6) is -5.56. The molecular formula is C14H13F5O2. The lowest BCUT2D eigenvalue weighted by molar-refractivity contribution is -0.284. The van der Waals surface area contributed by atoms with Crippen LogP contribution in [-0.4, -0.2) is 24.7 Å². The molecule has 0 N–H and O–H groups in total. The Morgan fingerprint density at radius 3 is 2.29 bits per heavy atom. The Morgan fingerprint density at radius 2 is 1.71 bits per heavy atom. The first kappa shape index (κ1) is 17.1. The van der Waals surface area contributed by atoms with Gasteiger partial charge in [-0.25, -0.2) is 4.79 Å². The van der Waals surface area contributed by atoms with Gasteiger partial charge in [-0.15, -0.1) is 0 Å². The number of rotatable bonds is 6. The van der Waals surface area contributed by atoms with Gasteiger partial charge in [-0.2, -0.15) is 22.0 Å². The molecule has 2 nitrogen and oxygen atoms in total. The van der Waals surface area contributed by atoms with Crippen molar-refractivity contribution < 1.29 is 31.5 Å². The summed E-state index contributed by atoms with van der Waals surface area (Å²) < 4.78 is 65.2. The lowest BCUT2D eigenvalue weighted by atomic mass is 10.2. The lowest BCUT2D eigenvalue weighted by Gasteiger charge is -2.18. The van der Waals surface area contributed by atoms with E-state index in [9.17, 15) is 26.7 Å². The van der Waals surface area contributed by atoms with Gasteiger partial charge < -0.3 is 4.74 Å². The third kappa shape index (κ3) is 5.93. The highest BCUT2D eigenvalue weighted by Gasteiger charge is 2.56. The van der Waals surface area contributed by atoms with E-state index in [1.165, 1.54) is 6.08 Å². The highest BCUT2D eigenvalue weighted by Crippen LogP contribution is 2.38. The molecule has 0 aliphatic heterocycles. The van der Waals surface area contributed by atoms with Crippen LogP contribution in [0, 0.1) is 0 Å². The molecule has 1 rings (SSSR count). The van der Waals surface area contributed by atoms with Gasteiger partial charge in [0.25, 0.3) is 0 Å². The van der Waals surface area contributed by atoms with E-state index in [-0.39, 0.29) is 0 Å². The predicted octanol–water partition coefficient (Wildman–Crippen LogP) is 4.22. The van der Waals surface area contributed by atoms with E-state index in [4.69, 9.17) is 0 Å². The van der Waals surface area contributed by atoms with Crippen LogP contribution in [0.5, 0.6) is 0 Å². The molecule has 0 aromatic heterocycles. The van der Waals surface area contributed by atoms with Crippen LogP contribution in [0.4, 0.5) is 22.0 Å². The first-order valence-corrected chi connectivity index (χ1v) is 6.07. The SMILES string of the molecule is O=C(C=Cc1ccccc1)OCCCC(F)(F)C(F)(F)F. The van der Waals surface area contributed by atoms with Crippen molar-refractivity contribution in [2.24, 2.45) is 0 Å². The molecule has 116 valence electrons. The van der Waals surface area contributed by atoms with Gasteiger partial charge in [0.1, 0.15) is 0 Å². The number of hydrogen-bond acceptors (Lipinski definition) is 2. The van der Waals surface area contributed by atoms with Gasteiger partial charge in [-0.1, -0.05) is 30.3 Å². The maximum atomic E-state index is 12.5. The van der Waals surface area contributed by atoms with Crippen LogP contribution in [0.2, 0.25) is 0 Å². The Labute approximate surface area is 118 Å². The standard InChI is InChI=1S/C14H13F5O2/c15-13(16,14(17,18)19)9-4-10-21-12(20)8-7-11-5-2-1-3-6-11/h1-3,5-8H,4,9-10H2. The summed E-state index contributed by atoms with van der Waals surface area (Å²) in [7, 11) is 0. The number of carbonyl (C=O) groups is 1. The smallest absolute Gasteiger partial charge is 0.453 e. The highest BCUT2D eigenvalue weighted by atomic mass is 19.4. The zero-order valence-corrected chi connectivity index (χ0v) is 10.9.